The molecule has 5 atom stereocenters. The largest absolute Gasteiger partial charge is 0.509 e. The first-order valence-corrected chi connectivity index (χ1v) is 7.28. The van der Waals surface area contributed by atoms with Crippen LogP contribution in [-0.2, 0) is 4.79 Å². The summed E-state index contributed by atoms with van der Waals surface area (Å²) in [7, 11) is 0. The number of carbonyl (C=O) groups is 1. The van der Waals surface area contributed by atoms with Gasteiger partial charge in [-0.2, -0.15) is 0 Å². The smallest absolute Gasteiger partial charge is 0.139 e. The maximum Gasteiger partial charge on any atom is 0.139 e. The van der Waals surface area contributed by atoms with E-state index < -0.39 is 30.1 Å². The van der Waals surface area contributed by atoms with Crippen molar-refractivity contribution in [3.63, 3.8) is 0 Å². The Balaban J connectivity index is 2.72. The molecule has 22 heavy (non-hydrogen) atoms. The van der Waals surface area contributed by atoms with E-state index in [0.717, 1.165) is 30.4 Å². The van der Waals surface area contributed by atoms with Gasteiger partial charge in [-0.05, 0) is 43.8 Å². The van der Waals surface area contributed by atoms with Crippen molar-refractivity contribution in [2.75, 3.05) is 0 Å². The van der Waals surface area contributed by atoms with Crippen LogP contribution in [0.25, 0.3) is 0 Å². The summed E-state index contributed by atoms with van der Waals surface area (Å²) in [6, 6.07) is -1.33. The minimum Gasteiger partial charge on any atom is -0.509 e. The molecular weight excluding hydrogens is 286 g/mol. The van der Waals surface area contributed by atoms with Crippen molar-refractivity contribution in [2.45, 2.75) is 50.5 Å². The minimum absolute atomic E-state index is 0.267. The van der Waals surface area contributed by atoms with E-state index in [1.165, 1.54) is 6.08 Å². The molecule has 0 amide bonds. The van der Waals surface area contributed by atoms with E-state index >= 15 is 0 Å². The van der Waals surface area contributed by atoms with Crippen LogP contribution in [0, 0.1) is 5.92 Å². The van der Waals surface area contributed by atoms with E-state index in [-0.39, 0.29) is 6.29 Å². The van der Waals surface area contributed by atoms with Crippen molar-refractivity contribution >= 4 is 6.29 Å². The van der Waals surface area contributed by atoms with Crippen LogP contribution in [0.4, 0.5) is 0 Å². The topological polar surface area (TPSA) is 124 Å². The van der Waals surface area contributed by atoms with Gasteiger partial charge >= 0.3 is 0 Å². The number of hydrogen-bond acceptors (Lipinski definition) is 6. The summed E-state index contributed by atoms with van der Waals surface area (Å²) < 4.78 is 0. The van der Waals surface area contributed by atoms with Crippen LogP contribution < -0.4 is 5.73 Å². The molecule has 0 radical (unpaired) electrons. The molecule has 124 valence electrons. The minimum atomic E-state index is -1.75. The summed E-state index contributed by atoms with van der Waals surface area (Å²) in [5.41, 5.74) is 7.23. The fourth-order valence-corrected chi connectivity index (χ4v) is 2.38. The first-order chi connectivity index (χ1) is 10.3. The predicted octanol–water partition coefficient (Wildman–Crippen LogP) is 0.340. The Kier molecular flexibility index (Phi) is 6.96. The lowest BCUT2D eigenvalue weighted by atomic mass is 9.85. The summed E-state index contributed by atoms with van der Waals surface area (Å²) in [5.74, 6) is -0.0492. The number of nitrogens with two attached hydrogens (primary N) is 1. The van der Waals surface area contributed by atoms with Crippen molar-refractivity contribution in [1.29, 1.82) is 0 Å². The molecule has 0 aliphatic heterocycles. The highest BCUT2D eigenvalue weighted by atomic mass is 16.4. The highest BCUT2D eigenvalue weighted by Gasteiger charge is 2.31. The molecule has 0 saturated heterocycles. The Morgan fingerprint density at radius 2 is 2.05 bits per heavy atom. The van der Waals surface area contributed by atoms with Gasteiger partial charge in [0.2, 0.25) is 0 Å². The van der Waals surface area contributed by atoms with Crippen LogP contribution in [0.3, 0.4) is 0 Å². The van der Waals surface area contributed by atoms with Gasteiger partial charge in [0, 0.05) is 0 Å². The second-order valence-corrected chi connectivity index (χ2v) is 5.81. The zero-order valence-corrected chi connectivity index (χ0v) is 12.7. The van der Waals surface area contributed by atoms with Crippen molar-refractivity contribution in [1.82, 2.24) is 0 Å². The molecule has 6 N–H and O–H groups in total. The third-order valence-electron chi connectivity index (χ3n) is 4.00. The molecule has 2 unspecified atom stereocenters. The SMILES string of the molecule is C=C(C)C1CC=C(/C=C(/O)C(O)[C@@H](O)[C@H](O)[C@@H](N)C=O)CC1. The lowest BCUT2D eigenvalue weighted by Crippen LogP contribution is -2.49. The lowest BCUT2D eigenvalue weighted by molar-refractivity contribution is -0.116. The van der Waals surface area contributed by atoms with Gasteiger partial charge in [0.05, 0.1) is 6.04 Å². The molecule has 0 aromatic heterocycles. The van der Waals surface area contributed by atoms with Crippen LogP contribution in [0.2, 0.25) is 0 Å². The fourth-order valence-electron chi connectivity index (χ4n) is 2.38. The first-order valence-electron chi connectivity index (χ1n) is 7.28. The van der Waals surface area contributed by atoms with Gasteiger partial charge in [-0.3, -0.25) is 0 Å². The van der Waals surface area contributed by atoms with Gasteiger partial charge in [-0.15, -0.1) is 0 Å². The number of carbonyl (C=O) groups excluding carboxylic acids is 1. The van der Waals surface area contributed by atoms with E-state index in [4.69, 9.17) is 5.73 Å². The van der Waals surface area contributed by atoms with E-state index in [9.17, 15) is 25.2 Å². The third kappa shape index (κ3) is 4.78. The molecule has 1 rings (SSSR count). The van der Waals surface area contributed by atoms with Crippen LogP contribution >= 0.6 is 0 Å². The highest BCUT2D eigenvalue weighted by molar-refractivity contribution is 5.58. The average Bonchev–Trinajstić information content (AvgIpc) is 2.52. The Morgan fingerprint density at radius 1 is 1.41 bits per heavy atom. The zero-order valence-electron chi connectivity index (χ0n) is 12.7. The van der Waals surface area contributed by atoms with Crippen molar-refractivity contribution in [3.05, 3.63) is 35.6 Å². The predicted molar refractivity (Wildman–Crippen MR) is 83.0 cm³/mol. The molecule has 0 aromatic rings. The molecule has 6 heteroatoms. The zero-order chi connectivity index (χ0) is 16.9. The van der Waals surface area contributed by atoms with Crippen molar-refractivity contribution in [3.8, 4) is 0 Å². The monoisotopic (exact) mass is 311 g/mol. The quantitative estimate of drug-likeness (QED) is 0.262. The van der Waals surface area contributed by atoms with E-state index in [2.05, 4.69) is 6.58 Å². The average molecular weight is 311 g/mol. The molecule has 0 fully saturated rings. The standard InChI is InChI=1S/C16H25NO5/c1-9(2)11-5-3-10(4-6-11)7-13(19)15(21)16(22)14(20)12(17)8-18/h3,7-8,11-12,14-16,19-22H,1,4-6,17H2,2H3/b13-7+/t11?,12-,14+,15?,16-/m0/s1. The van der Waals surface area contributed by atoms with Gasteiger partial charge < -0.3 is 31.0 Å². The lowest BCUT2D eigenvalue weighted by Gasteiger charge is -2.25. The van der Waals surface area contributed by atoms with Crippen molar-refractivity contribution < 1.29 is 25.2 Å². The molecule has 0 aromatic carbocycles. The summed E-state index contributed by atoms with van der Waals surface area (Å²) in [6.45, 7) is 5.91. The second-order valence-electron chi connectivity index (χ2n) is 5.81. The van der Waals surface area contributed by atoms with E-state index in [1.807, 2.05) is 13.0 Å². The fraction of sp³-hybridized carbons (Fsp3) is 0.562. The molecule has 0 spiro atoms. The molecule has 6 nitrogen and oxygen atoms in total. The summed E-state index contributed by atoms with van der Waals surface area (Å²) in [5, 5.41) is 39.0. The molecule has 1 aliphatic carbocycles. The van der Waals surface area contributed by atoms with Crippen LogP contribution in [-0.4, -0.2) is 51.1 Å². The number of rotatable bonds is 7. The normalized spacial score (nSPS) is 24.9. The van der Waals surface area contributed by atoms with Crippen molar-refractivity contribution in [2.24, 2.45) is 11.7 Å². The van der Waals surface area contributed by atoms with Crippen LogP contribution in [0.1, 0.15) is 26.2 Å². The Labute approximate surface area is 130 Å². The van der Waals surface area contributed by atoms with Crippen LogP contribution in [0.5, 0.6) is 0 Å². The number of aldehydes is 1. The summed E-state index contributed by atoms with van der Waals surface area (Å²) in [6.07, 6.45) is 0.922. The molecule has 0 bridgehead atoms. The van der Waals surface area contributed by atoms with Crippen LogP contribution in [0.15, 0.2) is 35.6 Å². The summed E-state index contributed by atoms with van der Waals surface area (Å²) in [4.78, 5) is 10.5. The number of aliphatic hydroxyl groups excluding tert-OH is 4. The van der Waals surface area contributed by atoms with Gasteiger partial charge in [-0.25, -0.2) is 0 Å². The van der Waals surface area contributed by atoms with E-state index in [0.29, 0.717) is 5.92 Å². The number of allylic oxidation sites excluding steroid dienone is 4. The first kappa shape index (κ1) is 18.6. The molecule has 1 aliphatic rings. The third-order valence-corrected chi connectivity index (χ3v) is 4.00. The van der Waals surface area contributed by atoms with E-state index in [1.54, 1.807) is 0 Å². The summed E-state index contributed by atoms with van der Waals surface area (Å²) >= 11 is 0. The van der Waals surface area contributed by atoms with Gasteiger partial charge in [-0.1, -0.05) is 18.2 Å². The molecule has 0 heterocycles. The second kappa shape index (κ2) is 8.24. The van der Waals surface area contributed by atoms with Gasteiger partial charge in [0.25, 0.3) is 0 Å². The number of hydrogen-bond donors (Lipinski definition) is 5. The maximum absolute atomic E-state index is 10.5. The Hall–Kier alpha value is -1.47. The Morgan fingerprint density at radius 3 is 2.50 bits per heavy atom. The van der Waals surface area contributed by atoms with Gasteiger partial charge in [0.1, 0.15) is 30.4 Å². The molecule has 0 saturated carbocycles. The highest BCUT2D eigenvalue weighted by Crippen LogP contribution is 2.29. The van der Waals surface area contributed by atoms with Gasteiger partial charge in [0.15, 0.2) is 0 Å². The Bertz CT molecular complexity index is 471. The molecular formula is C16H25NO5. The maximum atomic E-state index is 10.5. The number of aliphatic hydroxyl groups is 4.